The Morgan fingerprint density at radius 2 is 0.900 bits per heavy atom. The summed E-state index contributed by atoms with van der Waals surface area (Å²) in [6, 6.07) is 41.1. The molecular weight excluding hydrogens is 858 g/mol. The van der Waals surface area contributed by atoms with Crippen LogP contribution in [0.1, 0.15) is 49.9 Å². The van der Waals surface area contributed by atoms with Gasteiger partial charge in [0, 0.05) is 34.3 Å². The van der Waals surface area contributed by atoms with Gasteiger partial charge in [-0.1, -0.05) is 178 Å². The zero-order valence-electron chi connectivity index (χ0n) is 27.9. The summed E-state index contributed by atoms with van der Waals surface area (Å²) in [6.45, 7) is 8.95. The van der Waals surface area contributed by atoms with Crippen LogP contribution in [0, 0.1) is 0 Å². The minimum atomic E-state index is -1.41. The zero-order valence-corrected chi connectivity index (χ0v) is 34.2. The lowest BCUT2D eigenvalue weighted by Gasteiger charge is -2.22. The standard InChI is InChI=1S/C21H16BrCl.C15H15BO2.C6H3Br2Cl/c1-21(2)19-6-4-3-5-17(19)18-8-7-13(11-20(18)21)14-9-15(22)12-16(23)10-14;1-15(2)13-6-4-3-5-11(13)12-8-7-10(16(17)18)9-14(12)15;7-4-1-5(8)3-6(9)2-4/h3-12H,1-2H3;3-9,17-18H,1-2H3;1-3H. The van der Waals surface area contributed by atoms with Crippen molar-refractivity contribution >= 4 is 83.6 Å². The van der Waals surface area contributed by atoms with Gasteiger partial charge in [-0.05, 0) is 104 Å². The predicted molar refractivity (Wildman–Crippen MR) is 223 cm³/mol. The first-order valence-electron chi connectivity index (χ1n) is 16.1. The lowest BCUT2D eigenvalue weighted by molar-refractivity contribution is 0.425. The molecule has 2 aliphatic carbocycles. The fourth-order valence-corrected chi connectivity index (χ4v) is 9.66. The Morgan fingerprint density at radius 1 is 0.460 bits per heavy atom. The van der Waals surface area contributed by atoms with Gasteiger partial charge in [-0.25, -0.2) is 0 Å². The maximum atomic E-state index is 9.30. The zero-order chi connectivity index (χ0) is 36.0. The van der Waals surface area contributed by atoms with Gasteiger partial charge in [0.1, 0.15) is 0 Å². The highest BCUT2D eigenvalue weighted by molar-refractivity contribution is 9.11. The lowest BCUT2D eigenvalue weighted by atomic mass is 9.75. The van der Waals surface area contributed by atoms with Gasteiger partial charge in [-0.3, -0.25) is 0 Å². The van der Waals surface area contributed by atoms with Crippen molar-refractivity contribution in [1.29, 1.82) is 0 Å². The second-order valence-electron chi connectivity index (χ2n) is 13.5. The first-order valence-corrected chi connectivity index (χ1v) is 19.2. The molecule has 0 saturated carbocycles. The number of benzene rings is 6. The van der Waals surface area contributed by atoms with Crippen LogP contribution in [0.4, 0.5) is 0 Å². The third kappa shape index (κ3) is 7.45. The summed E-state index contributed by atoms with van der Waals surface area (Å²) in [7, 11) is -1.41. The second kappa shape index (κ2) is 14.7. The molecule has 0 aliphatic heterocycles. The Labute approximate surface area is 330 Å². The summed E-state index contributed by atoms with van der Waals surface area (Å²) in [6.07, 6.45) is 0. The van der Waals surface area contributed by atoms with Crippen LogP contribution in [-0.4, -0.2) is 17.2 Å². The van der Waals surface area contributed by atoms with Crippen LogP contribution in [0.5, 0.6) is 0 Å². The van der Waals surface area contributed by atoms with Crippen molar-refractivity contribution in [3.8, 4) is 33.4 Å². The number of fused-ring (bicyclic) bond motifs is 6. The highest BCUT2D eigenvalue weighted by Gasteiger charge is 2.36. The van der Waals surface area contributed by atoms with Gasteiger partial charge in [0.05, 0.1) is 0 Å². The Kier molecular flexibility index (Phi) is 10.9. The van der Waals surface area contributed by atoms with Crippen LogP contribution >= 0.6 is 71.0 Å². The summed E-state index contributed by atoms with van der Waals surface area (Å²) in [5.74, 6) is 0. The molecule has 0 saturated heterocycles. The SMILES string of the molecule is CC1(C)c2ccccc2-c2ccc(-c3cc(Cl)cc(Br)c3)cc21.CC1(C)c2ccccc2-c2ccc(B(O)O)cc21.Clc1cc(Br)cc(Br)c1. The maximum absolute atomic E-state index is 9.30. The Hall–Kier alpha value is -2.68. The highest BCUT2D eigenvalue weighted by Crippen LogP contribution is 2.50. The third-order valence-electron chi connectivity index (χ3n) is 9.51. The average Bonchev–Trinajstić information content (AvgIpc) is 3.43. The van der Waals surface area contributed by atoms with Crippen molar-refractivity contribution in [3.05, 3.63) is 167 Å². The molecule has 50 heavy (non-hydrogen) atoms. The molecule has 8 rings (SSSR count). The van der Waals surface area contributed by atoms with E-state index in [9.17, 15) is 10.0 Å². The Morgan fingerprint density at radius 3 is 1.40 bits per heavy atom. The smallest absolute Gasteiger partial charge is 0.423 e. The van der Waals surface area contributed by atoms with Gasteiger partial charge < -0.3 is 10.0 Å². The molecular formula is C42H34BBr3Cl2O2. The first-order chi connectivity index (χ1) is 23.7. The molecule has 252 valence electrons. The Bertz CT molecular complexity index is 2160. The normalized spacial score (nSPS) is 13.8. The Balaban J connectivity index is 0.000000142. The molecule has 8 heteroatoms. The first kappa shape index (κ1) is 37.1. The van der Waals surface area contributed by atoms with Crippen molar-refractivity contribution in [2.45, 2.75) is 38.5 Å². The van der Waals surface area contributed by atoms with Crippen molar-refractivity contribution in [3.63, 3.8) is 0 Å². The molecule has 0 radical (unpaired) electrons. The number of hydrogen-bond donors (Lipinski definition) is 2. The van der Waals surface area contributed by atoms with E-state index in [4.69, 9.17) is 23.2 Å². The summed E-state index contributed by atoms with van der Waals surface area (Å²) < 4.78 is 2.98. The monoisotopic (exact) mass is 888 g/mol. The second-order valence-corrected chi connectivity index (χ2v) is 17.1. The van der Waals surface area contributed by atoms with Crippen molar-refractivity contribution in [2.75, 3.05) is 0 Å². The van der Waals surface area contributed by atoms with E-state index >= 15 is 0 Å². The molecule has 6 aromatic carbocycles. The van der Waals surface area contributed by atoms with Gasteiger partial charge in [0.2, 0.25) is 0 Å². The van der Waals surface area contributed by atoms with E-state index < -0.39 is 7.12 Å². The molecule has 6 aromatic rings. The van der Waals surface area contributed by atoms with Crippen LogP contribution in [0.2, 0.25) is 10.0 Å². The fraction of sp³-hybridized carbons (Fsp3) is 0.143. The number of rotatable bonds is 2. The summed E-state index contributed by atoms with van der Waals surface area (Å²) in [4.78, 5) is 0. The minimum Gasteiger partial charge on any atom is -0.423 e. The summed E-state index contributed by atoms with van der Waals surface area (Å²) >= 11 is 22.0. The van der Waals surface area contributed by atoms with Gasteiger partial charge in [0.15, 0.2) is 0 Å². The molecule has 0 amide bonds. The maximum Gasteiger partial charge on any atom is 0.488 e. The van der Waals surface area contributed by atoms with E-state index in [1.54, 1.807) is 6.07 Å². The van der Waals surface area contributed by atoms with Crippen LogP contribution in [0.3, 0.4) is 0 Å². The van der Waals surface area contributed by atoms with Gasteiger partial charge >= 0.3 is 7.12 Å². The van der Waals surface area contributed by atoms with Crippen molar-refractivity contribution in [1.82, 2.24) is 0 Å². The van der Waals surface area contributed by atoms with E-state index in [1.165, 1.54) is 44.5 Å². The topological polar surface area (TPSA) is 40.5 Å². The molecule has 2 aliphatic rings. The van der Waals surface area contributed by atoms with Gasteiger partial charge in [-0.2, -0.15) is 0 Å². The highest BCUT2D eigenvalue weighted by atomic mass is 79.9. The fourth-order valence-electron chi connectivity index (χ4n) is 7.01. The van der Waals surface area contributed by atoms with Crippen LogP contribution in [0.15, 0.2) is 135 Å². The third-order valence-corrected chi connectivity index (χ3v) is 11.3. The minimum absolute atomic E-state index is 0.0255. The molecule has 0 aromatic heterocycles. The molecule has 0 unspecified atom stereocenters. The van der Waals surface area contributed by atoms with E-state index in [0.29, 0.717) is 5.46 Å². The number of hydrogen-bond acceptors (Lipinski definition) is 2. The molecule has 0 spiro atoms. The van der Waals surface area contributed by atoms with E-state index in [2.05, 4.69) is 136 Å². The molecule has 0 heterocycles. The quantitative estimate of drug-likeness (QED) is 0.170. The van der Waals surface area contributed by atoms with Gasteiger partial charge in [-0.15, -0.1) is 0 Å². The van der Waals surface area contributed by atoms with Crippen molar-refractivity contribution in [2.24, 2.45) is 0 Å². The molecule has 2 N–H and O–H groups in total. The number of halogens is 5. The predicted octanol–water partition coefficient (Wildman–Crippen LogP) is 12.6. The van der Waals surface area contributed by atoms with E-state index in [1.807, 2.05) is 54.6 Å². The van der Waals surface area contributed by atoms with Crippen LogP contribution < -0.4 is 5.46 Å². The van der Waals surface area contributed by atoms with E-state index in [-0.39, 0.29) is 10.8 Å². The average molecular weight is 892 g/mol. The summed E-state index contributed by atoms with van der Waals surface area (Å²) in [5.41, 5.74) is 13.2. The van der Waals surface area contributed by atoms with E-state index in [0.717, 1.165) is 34.6 Å². The largest absolute Gasteiger partial charge is 0.488 e. The molecule has 0 atom stereocenters. The molecule has 0 fully saturated rings. The molecule has 0 bridgehead atoms. The molecule has 2 nitrogen and oxygen atoms in total. The van der Waals surface area contributed by atoms with Gasteiger partial charge in [0.25, 0.3) is 0 Å². The van der Waals surface area contributed by atoms with Crippen LogP contribution in [0.25, 0.3) is 33.4 Å². The lowest BCUT2D eigenvalue weighted by Crippen LogP contribution is -2.31. The van der Waals surface area contributed by atoms with Crippen molar-refractivity contribution < 1.29 is 10.0 Å². The van der Waals surface area contributed by atoms with Crippen LogP contribution in [-0.2, 0) is 10.8 Å². The summed E-state index contributed by atoms with van der Waals surface area (Å²) in [5, 5.41) is 20.1.